The van der Waals surface area contributed by atoms with E-state index in [1.807, 2.05) is 30.7 Å². The maximum atomic E-state index is 6.37. The van der Waals surface area contributed by atoms with Crippen molar-refractivity contribution >= 4 is 53.1 Å². The third-order valence-electron chi connectivity index (χ3n) is 5.04. The lowest BCUT2D eigenvalue weighted by Crippen LogP contribution is -2.43. The van der Waals surface area contributed by atoms with Gasteiger partial charge in [0.2, 0.25) is 0 Å². The van der Waals surface area contributed by atoms with Crippen molar-refractivity contribution < 1.29 is 0 Å². The van der Waals surface area contributed by atoms with Gasteiger partial charge in [-0.2, -0.15) is 0 Å². The predicted molar refractivity (Wildman–Crippen MR) is 126 cm³/mol. The Hall–Kier alpha value is -1.06. The second-order valence-electron chi connectivity index (χ2n) is 7.04. The Morgan fingerprint density at radius 3 is 2.61 bits per heavy atom. The summed E-state index contributed by atoms with van der Waals surface area (Å²) in [5.74, 6) is 2.47. The van der Waals surface area contributed by atoms with E-state index in [0.29, 0.717) is 22.6 Å². The van der Waals surface area contributed by atoms with Gasteiger partial charge in [-0.05, 0) is 44.4 Å². The number of guanidine groups is 1. The van der Waals surface area contributed by atoms with Gasteiger partial charge in [-0.25, -0.2) is 4.99 Å². The topological polar surface area (TPSA) is 67.1 Å². The molecule has 0 bridgehead atoms. The van der Waals surface area contributed by atoms with Crippen LogP contribution in [0.2, 0.25) is 10.0 Å². The highest BCUT2D eigenvalue weighted by atomic mass is 127. The number of aryl methyl sites for hydroxylation is 1. The van der Waals surface area contributed by atoms with Crippen LogP contribution in [0.15, 0.2) is 23.2 Å². The lowest BCUT2D eigenvalue weighted by molar-refractivity contribution is 0.592. The van der Waals surface area contributed by atoms with E-state index in [1.54, 1.807) is 6.07 Å². The molecular weight excluding hydrogens is 510 g/mol. The molecular formula is C19H27Cl2IN6. The highest BCUT2D eigenvalue weighted by molar-refractivity contribution is 14.0. The molecule has 154 valence electrons. The fraction of sp³-hybridized carbons (Fsp3) is 0.526. The first kappa shape index (κ1) is 23.2. The molecule has 0 aliphatic heterocycles. The fourth-order valence-electron chi connectivity index (χ4n) is 3.27. The first-order valence-corrected chi connectivity index (χ1v) is 10.1. The summed E-state index contributed by atoms with van der Waals surface area (Å²) in [6.07, 6.45) is 4.84. The van der Waals surface area contributed by atoms with E-state index in [2.05, 4.69) is 27.8 Å². The number of rotatable bonds is 5. The summed E-state index contributed by atoms with van der Waals surface area (Å²) < 4.78 is 1.95. The molecule has 0 radical (unpaired) electrons. The van der Waals surface area contributed by atoms with Crippen LogP contribution in [0.3, 0.4) is 0 Å². The van der Waals surface area contributed by atoms with Crippen molar-refractivity contribution in [1.82, 2.24) is 25.4 Å². The van der Waals surface area contributed by atoms with Crippen LogP contribution in [-0.2, 0) is 13.6 Å². The number of aliphatic imine (C=N–C) groups is 1. The molecule has 1 aromatic carbocycles. The number of halogens is 3. The lowest BCUT2D eigenvalue weighted by atomic mass is 10.1. The summed E-state index contributed by atoms with van der Waals surface area (Å²) in [6.45, 7) is 4.45. The molecule has 6 nitrogen and oxygen atoms in total. The zero-order valence-electron chi connectivity index (χ0n) is 16.4. The SMILES string of the molecule is Cc1nnc(CN=C(NC2CCCC2)NC(C)c2ccc(Cl)cc2Cl)n1C.I. The molecule has 1 saturated carbocycles. The summed E-state index contributed by atoms with van der Waals surface area (Å²) in [5.41, 5.74) is 0.983. The summed E-state index contributed by atoms with van der Waals surface area (Å²) in [4.78, 5) is 4.75. The quantitative estimate of drug-likeness (QED) is 0.327. The Morgan fingerprint density at radius 2 is 2.00 bits per heavy atom. The van der Waals surface area contributed by atoms with E-state index in [4.69, 9.17) is 28.2 Å². The summed E-state index contributed by atoms with van der Waals surface area (Å²) in [6, 6.07) is 6.00. The van der Waals surface area contributed by atoms with Crippen molar-refractivity contribution in [2.45, 2.75) is 58.2 Å². The molecule has 1 aromatic heterocycles. The van der Waals surface area contributed by atoms with Gasteiger partial charge >= 0.3 is 0 Å². The van der Waals surface area contributed by atoms with Gasteiger partial charge in [0.25, 0.3) is 0 Å². The van der Waals surface area contributed by atoms with Gasteiger partial charge in [0.1, 0.15) is 12.4 Å². The molecule has 0 spiro atoms. The van der Waals surface area contributed by atoms with Crippen LogP contribution in [-0.4, -0.2) is 26.8 Å². The van der Waals surface area contributed by atoms with Crippen molar-refractivity contribution in [3.8, 4) is 0 Å². The van der Waals surface area contributed by atoms with Crippen LogP contribution in [0.25, 0.3) is 0 Å². The smallest absolute Gasteiger partial charge is 0.192 e. The van der Waals surface area contributed by atoms with Crippen molar-refractivity contribution in [3.05, 3.63) is 45.5 Å². The maximum Gasteiger partial charge on any atom is 0.192 e. The molecule has 1 unspecified atom stereocenters. The van der Waals surface area contributed by atoms with Crippen molar-refractivity contribution in [2.24, 2.45) is 12.0 Å². The van der Waals surface area contributed by atoms with Crippen LogP contribution in [0.5, 0.6) is 0 Å². The number of hydrogen-bond acceptors (Lipinski definition) is 3. The largest absolute Gasteiger partial charge is 0.354 e. The lowest BCUT2D eigenvalue weighted by Gasteiger charge is -2.22. The average molecular weight is 537 g/mol. The summed E-state index contributed by atoms with van der Waals surface area (Å²) in [7, 11) is 1.95. The highest BCUT2D eigenvalue weighted by Crippen LogP contribution is 2.26. The van der Waals surface area contributed by atoms with Gasteiger partial charge in [0.05, 0.1) is 6.04 Å². The Labute approximate surface area is 193 Å². The van der Waals surface area contributed by atoms with Gasteiger partial charge < -0.3 is 15.2 Å². The molecule has 9 heteroatoms. The van der Waals surface area contributed by atoms with E-state index in [-0.39, 0.29) is 30.0 Å². The van der Waals surface area contributed by atoms with E-state index < -0.39 is 0 Å². The first-order valence-electron chi connectivity index (χ1n) is 9.31. The zero-order valence-corrected chi connectivity index (χ0v) is 20.2. The molecule has 1 aliphatic carbocycles. The normalized spacial score (nSPS) is 16.0. The van der Waals surface area contributed by atoms with Gasteiger partial charge in [-0.3, -0.25) is 0 Å². The molecule has 1 atom stereocenters. The summed E-state index contributed by atoms with van der Waals surface area (Å²) >= 11 is 12.4. The van der Waals surface area contributed by atoms with Crippen LogP contribution in [0, 0.1) is 6.92 Å². The van der Waals surface area contributed by atoms with E-state index in [9.17, 15) is 0 Å². The average Bonchev–Trinajstić information content (AvgIpc) is 3.24. The highest BCUT2D eigenvalue weighted by Gasteiger charge is 2.18. The monoisotopic (exact) mass is 536 g/mol. The van der Waals surface area contributed by atoms with Crippen LogP contribution in [0.4, 0.5) is 0 Å². The minimum atomic E-state index is -0.0105. The first-order chi connectivity index (χ1) is 12.9. The van der Waals surface area contributed by atoms with E-state index in [1.165, 1.54) is 25.7 Å². The molecule has 0 amide bonds. The van der Waals surface area contributed by atoms with Crippen LogP contribution >= 0.6 is 47.2 Å². The number of benzene rings is 1. The molecule has 2 aromatic rings. The minimum absolute atomic E-state index is 0. The Morgan fingerprint density at radius 1 is 1.29 bits per heavy atom. The molecule has 1 heterocycles. The Kier molecular flexibility index (Phi) is 8.82. The zero-order chi connectivity index (χ0) is 19.4. The van der Waals surface area contributed by atoms with E-state index >= 15 is 0 Å². The van der Waals surface area contributed by atoms with Gasteiger partial charge in [-0.1, -0.05) is 42.1 Å². The Balaban J connectivity index is 0.00000280. The standard InChI is InChI=1S/C19H26Cl2N6.HI/c1-12(16-9-8-14(20)10-17(16)21)23-19(24-15-6-4-5-7-15)22-11-18-26-25-13(2)27(18)3;/h8-10,12,15H,4-7,11H2,1-3H3,(H2,22,23,24);1H. The number of nitrogens with zero attached hydrogens (tertiary/aromatic N) is 4. The van der Waals surface area contributed by atoms with Gasteiger partial charge in [0.15, 0.2) is 11.8 Å². The fourth-order valence-corrected chi connectivity index (χ4v) is 3.84. The number of aromatic nitrogens is 3. The van der Waals surface area contributed by atoms with E-state index in [0.717, 1.165) is 23.2 Å². The molecule has 1 fully saturated rings. The van der Waals surface area contributed by atoms with Gasteiger partial charge in [-0.15, -0.1) is 34.2 Å². The molecule has 1 aliphatic rings. The second-order valence-corrected chi connectivity index (χ2v) is 7.89. The van der Waals surface area contributed by atoms with Crippen LogP contribution < -0.4 is 10.6 Å². The third kappa shape index (κ3) is 5.97. The number of nitrogens with one attached hydrogen (secondary N) is 2. The Bertz CT molecular complexity index is 817. The second kappa shape index (κ2) is 10.6. The van der Waals surface area contributed by atoms with Crippen molar-refractivity contribution in [2.75, 3.05) is 0 Å². The maximum absolute atomic E-state index is 6.37. The minimum Gasteiger partial charge on any atom is -0.354 e. The molecule has 28 heavy (non-hydrogen) atoms. The van der Waals surface area contributed by atoms with Gasteiger partial charge in [0, 0.05) is 23.1 Å². The van der Waals surface area contributed by atoms with Crippen LogP contribution in [0.1, 0.15) is 55.9 Å². The molecule has 3 rings (SSSR count). The van der Waals surface area contributed by atoms with Crippen molar-refractivity contribution in [1.29, 1.82) is 0 Å². The summed E-state index contributed by atoms with van der Waals surface area (Å²) in [5, 5.41) is 16.6. The molecule has 0 saturated heterocycles. The third-order valence-corrected chi connectivity index (χ3v) is 5.60. The predicted octanol–water partition coefficient (Wildman–Crippen LogP) is 4.79. The van der Waals surface area contributed by atoms with Crippen molar-refractivity contribution in [3.63, 3.8) is 0 Å². The number of hydrogen-bond donors (Lipinski definition) is 2. The molecule has 2 N–H and O–H groups in total.